The first kappa shape index (κ1) is 24.5. The first-order chi connectivity index (χ1) is 14.7. The number of rotatable bonds is 8. The van der Waals surface area contributed by atoms with Crippen molar-refractivity contribution in [3.05, 3.63) is 40.7 Å². The number of hydrogen-bond acceptors (Lipinski definition) is 7. The molecule has 2 aliphatic rings. The van der Waals surface area contributed by atoms with Gasteiger partial charge in [-0.1, -0.05) is 85.6 Å². The Hall–Kier alpha value is -0.120. The van der Waals surface area contributed by atoms with Gasteiger partial charge in [-0.15, -0.1) is 23.5 Å². The number of thioether (sulfide) groups is 6. The van der Waals surface area contributed by atoms with E-state index in [1.54, 1.807) is 0 Å². The van der Waals surface area contributed by atoms with E-state index in [4.69, 9.17) is 5.11 Å². The van der Waals surface area contributed by atoms with Crippen LogP contribution in [0.3, 0.4) is 0 Å². The van der Waals surface area contributed by atoms with Gasteiger partial charge >= 0.3 is 0 Å². The molecule has 7 heteroatoms. The molecule has 0 unspecified atom stereocenters. The van der Waals surface area contributed by atoms with Gasteiger partial charge in [-0.25, -0.2) is 0 Å². The fourth-order valence-corrected chi connectivity index (χ4v) is 11.4. The van der Waals surface area contributed by atoms with E-state index in [0.717, 1.165) is 5.56 Å². The molecule has 1 aromatic carbocycles. The molecule has 0 bridgehead atoms. The Morgan fingerprint density at radius 1 is 0.833 bits per heavy atom. The van der Waals surface area contributed by atoms with E-state index in [-0.39, 0.29) is 6.61 Å². The maximum atomic E-state index is 8.72. The topological polar surface area (TPSA) is 20.2 Å². The summed E-state index contributed by atoms with van der Waals surface area (Å²) in [5, 5.41) is 8.72. The molecule has 158 valence electrons. The molecule has 1 aromatic rings. The minimum Gasteiger partial charge on any atom is -0.384 e. The van der Waals surface area contributed by atoms with Gasteiger partial charge < -0.3 is 5.11 Å². The molecule has 2 heterocycles. The highest BCUT2D eigenvalue weighted by atomic mass is 32.3. The molecule has 1 nitrogen and oxygen atoms in total. The number of hydrogen-bond donors (Lipinski definition) is 1. The summed E-state index contributed by atoms with van der Waals surface area (Å²) in [6.07, 6.45) is 5.06. The van der Waals surface area contributed by atoms with E-state index < -0.39 is 0 Å². The van der Waals surface area contributed by atoms with Gasteiger partial charge in [-0.3, -0.25) is 0 Å². The minimum atomic E-state index is -0.150. The quantitative estimate of drug-likeness (QED) is 0.280. The predicted octanol–water partition coefficient (Wildman–Crippen LogP) is 8.03. The SMILES string of the molecule is CCCCSC1=C(SCCCC)SC(=C2Sc3ccc(C#CC#CCO)cc3S2)S1. The summed E-state index contributed by atoms with van der Waals surface area (Å²) in [6, 6.07) is 6.37. The monoisotopic (exact) mass is 508 g/mol. The Morgan fingerprint density at radius 2 is 1.47 bits per heavy atom. The number of aliphatic hydroxyl groups excluding tert-OH is 1. The van der Waals surface area contributed by atoms with Crippen molar-refractivity contribution >= 4 is 70.6 Å². The first-order valence-electron chi connectivity index (χ1n) is 9.94. The molecule has 30 heavy (non-hydrogen) atoms. The molecule has 1 N–H and O–H groups in total. The summed E-state index contributed by atoms with van der Waals surface area (Å²) in [4.78, 5) is 2.58. The third-order valence-corrected chi connectivity index (χ3v) is 12.7. The summed E-state index contributed by atoms with van der Waals surface area (Å²) in [6.45, 7) is 4.37. The maximum Gasteiger partial charge on any atom is 0.105 e. The number of unbranched alkanes of at least 4 members (excludes halogenated alkanes) is 2. The number of aliphatic hydroxyl groups is 1. The zero-order chi connectivity index (χ0) is 21.2. The van der Waals surface area contributed by atoms with Gasteiger partial charge in [-0.05, 0) is 54.4 Å². The van der Waals surface area contributed by atoms with Gasteiger partial charge in [0.1, 0.15) is 6.61 Å². The molecular formula is C23H24OS6. The average Bonchev–Trinajstić information content (AvgIpc) is 3.35. The summed E-state index contributed by atoms with van der Waals surface area (Å²) >= 11 is 11.8. The largest absolute Gasteiger partial charge is 0.384 e. The smallest absolute Gasteiger partial charge is 0.105 e. The van der Waals surface area contributed by atoms with E-state index in [9.17, 15) is 0 Å². The second kappa shape index (κ2) is 13.4. The van der Waals surface area contributed by atoms with Gasteiger partial charge in [0.05, 0.1) is 16.9 Å². The molecular weight excluding hydrogens is 485 g/mol. The van der Waals surface area contributed by atoms with Crippen molar-refractivity contribution < 1.29 is 5.11 Å². The lowest BCUT2D eigenvalue weighted by Crippen LogP contribution is -1.80. The predicted molar refractivity (Wildman–Crippen MR) is 144 cm³/mol. The zero-order valence-corrected chi connectivity index (χ0v) is 22.0. The van der Waals surface area contributed by atoms with E-state index in [1.165, 1.54) is 63.9 Å². The lowest BCUT2D eigenvalue weighted by atomic mass is 10.2. The molecule has 3 rings (SSSR count). The molecule has 0 saturated heterocycles. The molecule has 0 fully saturated rings. The van der Waals surface area contributed by atoms with Crippen molar-refractivity contribution in [1.29, 1.82) is 0 Å². The maximum absolute atomic E-state index is 8.72. The van der Waals surface area contributed by atoms with Gasteiger partial charge in [-0.2, -0.15) is 0 Å². The van der Waals surface area contributed by atoms with E-state index in [2.05, 4.69) is 55.7 Å². The van der Waals surface area contributed by atoms with Crippen molar-refractivity contribution in [1.82, 2.24) is 0 Å². The van der Waals surface area contributed by atoms with Gasteiger partial charge in [0.15, 0.2) is 0 Å². The van der Waals surface area contributed by atoms with E-state index >= 15 is 0 Å². The standard InChI is InChI=1S/C23H24OS6/c1-3-5-14-25-20-21(26-15-6-4-2)30-23(29-20)22-27-18-12-11-17(16-19(18)28-22)10-8-7-9-13-24/h11-12,16,24H,3-6,13-15H2,1-2H3. The van der Waals surface area contributed by atoms with Gasteiger partial charge in [0.25, 0.3) is 0 Å². The third-order valence-electron chi connectivity index (χ3n) is 3.95. The van der Waals surface area contributed by atoms with Crippen LogP contribution in [0.5, 0.6) is 0 Å². The fraction of sp³-hybridized carbons (Fsp3) is 0.391. The van der Waals surface area contributed by atoms with Crippen molar-refractivity contribution in [2.75, 3.05) is 18.1 Å². The molecule has 2 aliphatic heterocycles. The van der Waals surface area contributed by atoms with Gasteiger partial charge in [0, 0.05) is 15.4 Å². The van der Waals surface area contributed by atoms with Crippen LogP contribution in [0.2, 0.25) is 0 Å². The Kier molecular flexibility index (Phi) is 11.0. The van der Waals surface area contributed by atoms with Crippen LogP contribution in [-0.2, 0) is 0 Å². The van der Waals surface area contributed by atoms with Crippen LogP contribution in [0.15, 0.2) is 44.9 Å². The van der Waals surface area contributed by atoms with Crippen LogP contribution in [0.4, 0.5) is 0 Å². The molecule has 0 aromatic heterocycles. The minimum absolute atomic E-state index is 0.150. The van der Waals surface area contributed by atoms with Crippen LogP contribution < -0.4 is 0 Å². The Morgan fingerprint density at radius 3 is 2.10 bits per heavy atom. The molecule has 0 saturated carbocycles. The average molecular weight is 509 g/mol. The Balaban J connectivity index is 1.70. The van der Waals surface area contributed by atoms with Crippen molar-refractivity contribution in [2.45, 2.75) is 49.3 Å². The summed E-state index contributed by atoms with van der Waals surface area (Å²) in [7, 11) is 0. The van der Waals surface area contributed by atoms with Crippen molar-refractivity contribution in [3.63, 3.8) is 0 Å². The highest BCUT2D eigenvalue weighted by Crippen LogP contribution is 2.64. The second-order valence-electron chi connectivity index (χ2n) is 6.33. The Bertz CT molecular complexity index is 918. The second-order valence-corrected chi connectivity index (χ2v) is 13.7. The summed E-state index contributed by atoms with van der Waals surface area (Å²) in [5.41, 5.74) is 0.969. The molecule has 0 atom stereocenters. The van der Waals surface area contributed by atoms with Crippen LogP contribution in [0.1, 0.15) is 45.1 Å². The van der Waals surface area contributed by atoms with Crippen LogP contribution in [-0.4, -0.2) is 23.2 Å². The van der Waals surface area contributed by atoms with Crippen molar-refractivity contribution in [3.8, 4) is 23.7 Å². The molecule has 0 spiro atoms. The lowest BCUT2D eigenvalue weighted by molar-refractivity contribution is 0.350. The van der Waals surface area contributed by atoms with E-state index in [0.29, 0.717) is 0 Å². The molecule has 0 radical (unpaired) electrons. The first-order valence-corrected chi connectivity index (χ1v) is 15.2. The van der Waals surface area contributed by atoms with Crippen LogP contribution in [0, 0.1) is 23.7 Å². The Labute approximate surface area is 206 Å². The third kappa shape index (κ3) is 7.20. The number of benzene rings is 1. The summed E-state index contributed by atoms with van der Waals surface area (Å²) in [5.74, 6) is 13.5. The zero-order valence-electron chi connectivity index (χ0n) is 17.1. The highest BCUT2D eigenvalue weighted by molar-refractivity contribution is 8.42. The van der Waals surface area contributed by atoms with Crippen LogP contribution >= 0.6 is 70.6 Å². The fourth-order valence-electron chi connectivity index (χ4n) is 2.39. The summed E-state index contributed by atoms with van der Waals surface area (Å²) < 4.78 is 5.83. The normalized spacial score (nSPS) is 15.0. The lowest BCUT2D eigenvalue weighted by Gasteiger charge is -2.03. The van der Waals surface area contributed by atoms with Crippen LogP contribution in [0.25, 0.3) is 0 Å². The number of fused-ring (bicyclic) bond motifs is 1. The highest BCUT2D eigenvalue weighted by Gasteiger charge is 2.29. The van der Waals surface area contributed by atoms with Crippen molar-refractivity contribution in [2.24, 2.45) is 0 Å². The molecule has 0 aliphatic carbocycles. The van der Waals surface area contributed by atoms with Gasteiger partial charge in [0.2, 0.25) is 0 Å². The molecule has 0 amide bonds. The van der Waals surface area contributed by atoms with E-state index in [1.807, 2.05) is 70.6 Å².